The second kappa shape index (κ2) is 3.57. The number of carbonyl (C=O) groups is 1. The van der Waals surface area contributed by atoms with Crippen LogP contribution < -0.4 is 5.73 Å². The minimum atomic E-state index is -3.27. The van der Waals surface area contributed by atoms with Crippen LogP contribution in [0.25, 0.3) is 0 Å². The van der Waals surface area contributed by atoms with E-state index in [4.69, 9.17) is 5.73 Å². The molecule has 1 aliphatic rings. The molecule has 0 bridgehead atoms. The summed E-state index contributed by atoms with van der Waals surface area (Å²) in [4.78, 5) is 12.4. The maximum absolute atomic E-state index is 12.6. The lowest BCUT2D eigenvalue weighted by Crippen LogP contribution is -2.46. The van der Waals surface area contributed by atoms with Gasteiger partial charge in [0.25, 0.3) is 5.91 Å². The Morgan fingerprint density at radius 3 is 2.77 bits per heavy atom. The molecule has 0 aliphatic carbocycles. The SMILES string of the molecule is CC(F)(F)C(=O)N1CCCC1CN. The molecule has 0 saturated carbocycles. The van der Waals surface area contributed by atoms with Crippen LogP contribution in [-0.2, 0) is 4.79 Å². The molecule has 13 heavy (non-hydrogen) atoms. The number of amides is 1. The summed E-state index contributed by atoms with van der Waals surface area (Å²) >= 11 is 0. The molecule has 1 saturated heterocycles. The quantitative estimate of drug-likeness (QED) is 0.696. The second-order valence-corrected chi connectivity index (χ2v) is 3.42. The topological polar surface area (TPSA) is 46.3 Å². The van der Waals surface area contributed by atoms with Crippen molar-refractivity contribution in [3.8, 4) is 0 Å². The Labute approximate surface area is 75.9 Å². The lowest BCUT2D eigenvalue weighted by Gasteiger charge is -2.25. The Morgan fingerprint density at radius 1 is 1.69 bits per heavy atom. The Hall–Kier alpha value is -0.710. The smallest absolute Gasteiger partial charge is 0.322 e. The Morgan fingerprint density at radius 2 is 2.31 bits per heavy atom. The molecule has 1 rings (SSSR count). The van der Waals surface area contributed by atoms with Gasteiger partial charge in [-0.3, -0.25) is 4.79 Å². The summed E-state index contributed by atoms with van der Waals surface area (Å²) in [6.45, 7) is 1.30. The van der Waals surface area contributed by atoms with Crippen molar-refractivity contribution in [3.05, 3.63) is 0 Å². The molecule has 1 unspecified atom stereocenters. The van der Waals surface area contributed by atoms with Gasteiger partial charge >= 0.3 is 5.92 Å². The molecule has 0 aromatic rings. The number of hydrogen-bond acceptors (Lipinski definition) is 2. The van der Waals surface area contributed by atoms with Gasteiger partial charge in [0.2, 0.25) is 0 Å². The van der Waals surface area contributed by atoms with E-state index in [0.717, 1.165) is 12.8 Å². The van der Waals surface area contributed by atoms with E-state index in [9.17, 15) is 13.6 Å². The molecule has 1 aliphatic heterocycles. The van der Waals surface area contributed by atoms with Crippen molar-refractivity contribution in [2.45, 2.75) is 31.7 Å². The predicted octanol–water partition coefficient (Wildman–Crippen LogP) is 0.591. The summed E-state index contributed by atoms with van der Waals surface area (Å²) in [6, 6.07) is -0.196. The third-order valence-electron chi connectivity index (χ3n) is 2.29. The second-order valence-electron chi connectivity index (χ2n) is 3.42. The number of nitrogens with two attached hydrogens (primary N) is 1. The molecular weight excluding hydrogens is 178 g/mol. The van der Waals surface area contributed by atoms with Crippen LogP contribution in [-0.4, -0.2) is 35.9 Å². The van der Waals surface area contributed by atoms with Gasteiger partial charge in [0.15, 0.2) is 0 Å². The zero-order valence-corrected chi connectivity index (χ0v) is 7.59. The third-order valence-corrected chi connectivity index (χ3v) is 2.29. The fourth-order valence-corrected chi connectivity index (χ4v) is 1.60. The van der Waals surface area contributed by atoms with E-state index in [1.54, 1.807) is 0 Å². The number of rotatable bonds is 2. The Kier molecular flexibility index (Phi) is 2.85. The van der Waals surface area contributed by atoms with Crippen LogP contribution in [0.15, 0.2) is 0 Å². The average Bonchev–Trinajstić information content (AvgIpc) is 2.48. The first-order valence-corrected chi connectivity index (χ1v) is 4.35. The summed E-state index contributed by atoms with van der Waals surface area (Å²) in [6.07, 6.45) is 1.50. The van der Waals surface area contributed by atoms with Crippen LogP contribution in [0.1, 0.15) is 19.8 Å². The minimum Gasteiger partial charge on any atom is -0.333 e. The zero-order valence-electron chi connectivity index (χ0n) is 7.59. The molecule has 0 radical (unpaired) electrons. The van der Waals surface area contributed by atoms with Crippen LogP contribution in [0, 0.1) is 0 Å². The van der Waals surface area contributed by atoms with E-state index >= 15 is 0 Å². The number of nitrogens with zero attached hydrogens (tertiary/aromatic N) is 1. The highest BCUT2D eigenvalue weighted by Crippen LogP contribution is 2.23. The van der Waals surface area contributed by atoms with Crippen molar-refractivity contribution < 1.29 is 13.6 Å². The first-order valence-electron chi connectivity index (χ1n) is 4.35. The van der Waals surface area contributed by atoms with Gasteiger partial charge in [-0.05, 0) is 12.8 Å². The van der Waals surface area contributed by atoms with Gasteiger partial charge in [-0.1, -0.05) is 0 Å². The normalized spacial score (nSPS) is 23.7. The van der Waals surface area contributed by atoms with E-state index in [1.165, 1.54) is 4.90 Å². The Balaban J connectivity index is 2.66. The number of halogens is 2. The van der Waals surface area contributed by atoms with Gasteiger partial charge < -0.3 is 10.6 Å². The first kappa shape index (κ1) is 10.4. The Bertz CT molecular complexity index is 203. The molecule has 76 valence electrons. The third kappa shape index (κ3) is 2.15. The number of likely N-dealkylation sites (tertiary alicyclic amines) is 1. The standard InChI is InChI=1S/C8H14F2N2O/c1-8(9,10)7(13)12-4-2-3-6(12)5-11/h6H,2-5,11H2,1H3. The van der Waals surface area contributed by atoms with Crippen LogP contribution in [0.5, 0.6) is 0 Å². The number of hydrogen-bond donors (Lipinski definition) is 1. The van der Waals surface area contributed by atoms with Gasteiger partial charge in [-0.2, -0.15) is 8.78 Å². The highest BCUT2D eigenvalue weighted by Gasteiger charge is 2.40. The summed E-state index contributed by atoms with van der Waals surface area (Å²) < 4.78 is 25.3. The van der Waals surface area contributed by atoms with E-state index in [0.29, 0.717) is 13.5 Å². The fraction of sp³-hybridized carbons (Fsp3) is 0.875. The highest BCUT2D eigenvalue weighted by molar-refractivity contribution is 5.83. The van der Waals surface area contributed by atoms with E-state index in [2.05, 4.69) is 0 Å². The van der Waals surface area contributed by atoms with Crippen molar-refractivity contribution in [1.29, 1.82) is 0 Å². The summed E-state index contributed by atoms with van der Waals surface area (Å²) in [5.41, 5.74) is 5.37. The van der Waals surface area contributed by atoms with E-state index < -0.39 is 11.8 Å². The average molecular weight is 192 g/mol. The van der Waals surface area contributed by atoms with Crippen LogP contribution in [0.4, 0.5) is 8.78 Å². The van der Waals surface area contributed by atoms with Gasteiger partial charge in [-0.15, -0.1) is 0 Å². The van der Waals surface area contributed by atoms with Gasteiger partial charge in [0.05, 0.1) is 0 Å². The maximum atomic E-state index is 12.6. The molecular formula is C8H14F2N2O. The number of alkyl halides is 2. The number of carbonyl (C=O) groups excluding carboxylic acids is 1. The monoisotopic (exact) mass is 192 g/mol. The van der Waals surface area contributed by atoms with Gasteiger partial charge in [-0.25, -0.2) is 0 Å². The summed E-state index contributed by atoms with van der Waals surface area (Å²) in [5, 5.41) is 0. The molecule has 1 heterocycles. The summed E-state index contributed by atoms with van der Waals surface area (Å²) in [5.74, 6) is -4.36. The molecule has 2 N–H and O–H groups in total. The lowest BCUT2D eigenvalue weighted by atomic mass is 10.2. The van der Waals surface area contributed by atoms with Gasteiger partial charge in [0.1, 0.15) is 0 Å². The molecule has 1 fully saturated rings. The largest absolute Gasteiger partial charge is 0.333 e. The zero-order chi connectivity index (χ0) is 10.1. The molecule has 0 spiro atoms. The summed E-state index contributed by atoms with van der Waals surface area (Å²) in [7, 11) is 0. The van der Waals surface area contributed by atoms with Gasteiger partial charge in [0, 0.05) is 26.1 Å². The van der Waals surface area contributed by atoms with Crippen molar-refractivity contribution in [2.75, 3.05) is 13.1 Å². The van der Waals surface area contributed by atoms with Crippen molar-refractivity contribution in [3.63, 3.8) is 0 Å². The van der Waals surface area contributed by atoms with Crippen LogP contribution >= 0.6 is 0 Å². The lowest BCUT2D eigenvalue weighted by molar-refractivity contribution is -0.155. The van der Waals surface area contributed by atoms with E-state index in [-0.39, 0.29) is 12.6 Å². The molecule has 5 heteroatoms. The molecule has 3 nitrogen and oxygen atoms in total. The fourth-order valence-electron chi connectivity index (χ4n) is 1.60. The van der Waals surface area contributed by atoms with Crippen molar-refractivity contribution >= 4 is 5.91 Å². The van der Waals surface area contributed by atoms with Crippen LogP contribution in [0.2, 0.25) is 0 Å². The van der Waals surface area contributed by atoms with Crippen LogP contribution in [0.3, 0.4) is 0 Å². The molecule has 1 atom stereocenters. The van der Waals surface area contributed by atoms with Crippen molar-refractivity contribution in [1.82, 2.24) is 4.90 Å². The molecule has 0 aromatic carbocycles. The molecule has 0 aromatic heterocycles. The highest BCUT2D eigenvalue weighted by atomic mass is 19.3. The minimum absolute atomic E-state index is 0.196. The first-order chi connectivity index (χ1) is 5.96. The predicted molar refractivity (Wildman–Crippen MR) is 44.4 cm³/mol. The molecule has 1 amide bonds. The van der Waals surface area contributed by atoms with E-state index in [1.807, 2.05) is 0 Å². The van der Waals surface area contributed by atoms with Crippen molar-refractivity contribution in [2.24, 2.45) is 5.73 Å². The maximum Gasteiger partial charge on any atom is 0.322 e.